The molecular weight excluding hydrogens is 399 g/mol. The highest BCUT2D eigenvalue weighted by Crippen LogP contribution is 2.31. The van der Waals surface area contributed by atoms with Crippen LogP contribution >= 0.6 is 0 Å². The van der Waals surface area contributed by atoms with Crippen LogP contribution in [-0.2, 0) is 32.2 Å². The van der Waals surface area contributed by atoms with E-state index in [0.29, 0.717) is 12.1 Å². The number of aryl methyl sites for hydroxylation is 1. The van der Waals surface area contributed by atoms with Gasteiger partial charge in [0.2, 0.25) is 0 Å². The molecule has 1 N–H and O–H groups in total. The SMILES string of the molecule is COC(=O)[C@H](CCc1ccc(C(F)(F)F)c(F)c1)NS(=O)(=O)C(F)(F)F. The molecule has 26 heavy (non-hydrogen) atoms. The molecule has 148 valence electrons. The number of methoxy groups -OCH3 is 1. The smallest absolute Gasteiger partial charge is 0.468 e. The number of carbonyl (C=O) groups is 1. The molecular formula is C13H12F7NO4S. The lowest BCUT2D eigenvalue weighted by Gasteiger charge is -2.18. The molecule has 0 saturated carbocycles. The Morgan fingerprint density at radius 1 is 1.19 bits per heavy atom. The van der Waals surface area contributed by atoms with Crippen LogP contribution in [0.5, 0.6) is 0 Å². The number of benzene rings is 1. The van der Waals surface area contributed by atoms with Gasteiger partial charge in [-0.25, -0.2) is 12.8 Å². The number of halogens is 7. The zero-order valence-corrected chi connectivity index (χ0v) is 13.7. The minimum atomic E-state index is -5.86. The van der Waals surface area contributed by atoms with E-state index in [1.165, 1.54) is 0 Å². The number of hydrogen-bond acceptors (Lipinski definition) is 4. The summed E-state index contributed by atoms with van der Waals surface area (Å²) in [6.07, 6.45) is -5.93. The van der Waals surface area contributed by atoms with Crippen molar-refractivity contribution in [2.45, 2.75) is 30.6 Å². The highest BCUT2D eigenvalue weighted by molar-refractivity contribution is 7.90. The van der Waals surface area contributed by atoms with Gasteiger partial charge in [0.15, 0.2) is 0 Å². The highest BCUT2D eigenvalue weighted by Gasteiger charge is 2.47. The standard InChI is InChI=1S/C13H12F7NO4S/c1-25-11(22)10(21-26(23,24)13(18,19)20)5-3-7-2-4-8(9(14)6-7)12(15,16)17/h2,4,6,10,21H,3,5H2,1H3/t10-/m0/s1. The molecule has 0 heterocycles. The number of esters is 1. The highest BCUT2D eigenvalue weighted by atomic mass is 32.2. The van der Waals surface area contributed by atoms with Crippen molar-refractivity contribution in [2.24, 2.45) is 0 Å². The zero-order chi connectivity index (χ0) is 20.3. The van der Waals surface area contributed by atoms with Gasteiger partial charge in [0.1, 0.15) is 11.9 Å². The maximum absolute atomic E-state index is 13.5. The first-order valence-electron chi connectivity index (χ1n) is 6.71. The lowest BCUT2D eigenvalue weighted by Crippen LogP contribution is -2.47. The average molecular weight is 411 g/mol. The van der Waals surface area contributed by atoms with E-state index < -0.39 is 57.9 Å². The van der Waals surface area contributed by atoms with Gasteiger partial charge < -0.3 is 4.74 Å². The fourth-order valence-corrected chi connectivity index (χ4v) is 2.60. The molecule has 0 spiro atoms. The third-order valence-corrected chi connectivity index (χ3v) is 4.35. The summed E-state index contributed by atoms with van der Waals surface area (Å²) in [5.41, 5.74) is -7.31. The van der Waals surface area contributed by atoms with E-state index in [2.05, 4.69) is 4.74 Å². The van der Waals surface area contributed by atoms with E-state index in [4.69, 9.17) is 0 Å². The molecule has 13 heteroatoms. The first-order chi connectivity index (χ1) is 11.7. The van der Waals surface area contributed by atoms with Gasteiger partial charge in [0, 0.05) is 0 Å². The Balaban J connectivity index is 2.95. The van der Waals surface area contributed by atoms with Crippen LogP contribution < -0.4 is 4.72 Å². The maximum atomic E-state index is 13.5. The second kappa shape index (κ2) is 7.78. The lowest BCUT2D eigenvalue weighted by atomic mass is 10.0. The van der Waals surface area contributed by atoms with Crippen LogP contribution in [0, 0.1) is 5.82 Å². The molecule has 0 amide bonds. The molecule has 0 aromatic heterocycles. The molecule has 0 aliphatic heterocycles. The first-order valence-corrected chi connectivity index (χ1v) is 8.19. The Bertz CT molecular complexity index is 759. The summed E-state index contributed by atoms with van der Waals surface area (Å²) in [7, 11) is -5.06. The monoisotopic (exact) mass is 411 g/mol. The summed E-state index contributed by atoms with van der Waals surface area (Å²) in [6, 6.07) is -0.178. The molecule has 0 aliphatic rings. The van der Waals surface area contributed by atoms with Crippen molar-refractivity contribution in [3.05, 3.63) is 35.1 Å². The number of sulfonamides is 1. The molecule has 1 rings (SSSR count). The molecule has 0 aliphatic carbocycles. The Morgan fingerprint density at radius 2 is 1.77 bits per heavy atom. The number of ether oxygens (including phenoxy) is 1. The predicted octanol–water partition coefficient (Wildman–Crippen LogP) is 2.76. The molecule has 0 fully saturated rings. The molecule has 1 aromatic rings. The molecule has 1 aromatic carbocycles. The van der Waals surface area contributed by atoms with Gasteiger partial charge in [-0.15, -0.1) is 0 Å². The van der Waals surface area contributed by atoms with Gasteiger partial charge >= 0.3 is 27.7 Å². The van der Waals surface area contributed by atoms with Crippen molar-refractivity contribution in [2.75, 3.05) is 7.11 Å². The molecule has 1 atom stereocenters. The second-order valence-corrected chi connectivity index (χ2v) is 6.70. The topological polar surface area (TPSA) is 72.5 Å². The largest absolute Gasteiger partial charge is 0.511 e. The third kappa shape index (κ3) is 5.56. The summed E-state index contributed by atoms with van der Waals surface area (Å²) in [4.78, 5) is 11.5. The number of carbonyl (C=O) groups excluding carboxylic acids is 1. The average Bonchev–Trinajstić information content (AvgIpc) is 2.48. The minimum absolute atomic E-state index is 0.0874. The predicted molar refractivity (Wildman–Crippen MR) is 73.6 cm³/mol. The molecule has 5 nitrogen and oxygen atoms in total. The van der Waals surface area contributed by atoms with Crippen LogP contribution in [0.3, 0.4) is 0 Å². The molecule has 0 saturated heterocycles. The van der Waals surface area contributed by atoms with Crippen LogP contribution in [0.2, 0.25) is 0 Å². The molecule has 0 radical (unpaired) electrons. The van der Waals surface area contributed by atoms with Crippen LogP contribution in [0.4, 0.5) is 30.7 Å². The summed E-state index contributed by atoms with van der Waals surface area (Å²) >= 11 is 0. The Morgan fingerprint density at radius 3 is 2.19 bits per heavy atom. The van der Waals surface area contributed by atoms with Crippen LogP contribution in [-0.4, -0.2) is 33.0 Å². The van der Waals surface area contributed by atoms with E-state index in [0.717, 1.165) is 17.9 Å². The summed E-state index contributed by atoms with van der Waals surface area (Å²) in [6.45, 7) is 0. The number of rotatable bonds is 6. The quantitative estimate of drug-likeness (QED) is 0.577. The van der Waals surface area contributed by atoms with Crippen molar-refractivity contribution in [1.82, 2.24) is 4.72 Å². The second-order valence-electron chi connectivity index (χ2n) is 4.99. The summed E-state index contributed by atoms with van der Waals surface area (Å²) < 4.78 is 115. The summed E-state index contributed by atoms with van der Waals surface area (Å²) in [5, 5.41) is 0. The van der Waals surface area contributed by atoms with Gasteiger partial charge in [0.25, 0.3) is 0 Å². The van der Waals surface area contributed by atoms with Crippen molar-refractivity contribution >= 4 is 16.0 Å². The van der Waals surface area contributed by atoms with Crippen molar-refractivity contribution in [3.8, 4) is 0 Å². The normalized spacial score (nSPS) is 14.2. The number of nitrogens with one attached hydrogen (secondary N) is 1. The fourth-order valence-electron chi connectivity index (χ4n) is 1.88. The Kier molecular flexibility index (Phi) is 6.63. The van der Waals surface area contributed by atoms with Gasteiger partial charge in [-0.1, -0.05) is 6.07 Å². The molecule has 0 bridgehead atoms. The first kappa shape index (κ1) is 22.2. The number of hydrogen-bond donors (Lipinski definition) is 1. The van der Waals surface area contributed by atoms with Gasteiger partial charge in [-0.2, -0.15) is 31.1 Å². The maximum Gasteiger partial charge on any atom is 0.511 e. The Hall–Kier alpha value is -1.89. The van der Waals surface area contributed by atoms with Crippen LogP contribution in [0.25, 0.3) is 0 Å². The third-order valence-electron chi connectivity index (χ3n) is 3.15. The van der Waals surface area contributed by atoms with Crippen molar-refractivity contribution in [1.29, 1.82) is 0 Å². The zero-order valence-electron chi connectivity index (χ0n) is 12.9. The Labute approximate surface area is 143 Å². The van der Waals surface area contributed by atoms with Gasteiger partial charge in [0.05, 0.1) is 12.7 Å². The van der Waals surface area contributed by atoms with E-state index in [1.807, 2.05) is 0 Å². The summed E-state index contributed by atoms with van der Waals surface area (Å²) in [5.74, 6) is -2.95. The van der Waals surface area contributed by atoms with Crippen LogP contribution in [0.1, 0.15) is 17.5 Å². The fraction of sp³-hybridized carbons (Fsp3) is 0.462. The van der Waals surface area contributed by atoms with E-state index >= 15 is 0 Å². The van der Waals surface area contributed by atoms with Gasteiger partial charge in [-0.3, -0.25) is 4.79 Å². The lowest BCUT2D eigenvalue weighted by molar-refractivity contribution is -0.143. The van der Waals surface area contributed by atoms with Crippen molar-refractivity contribution < 1.29 is 48.7 Å². The van der Waals surface area contributed by atoms with Crippen molar-refractivity contribution in [3.63, 3.8) is 0 Å². The van der Waals surface area contributed by atoms with E-state index in [1.54, 1.807) is 0 Å². The van der Waals surface area contributed by atoms with E-state index in [9.17, 15) is 43.9 Å². The van der Waals surface area contributed by atoms with Gasteiger partial charge in [-0.05, 0) is 30.5 Å². The minimum Gasteiger partial charge on any atom is -0.468 e. The van der Waals surface area contributed by atoms with E-state index in [-0.39, 0.29) is 5.56 Å². The van der Waals surface area contributed by atoms with Crippen LogP contribution in [0.15, 0.2) is 18.2 Å². The molecule has 0 unspecified atom stereocenters. The number of alkyl halides is 6.